The Morgan fingerprint density at radius 2 is 1.69 bits per heavy atom. The van der Waals surface area contributed by atoms with Gasteiger partial charge in [0.15, 0.2) is 0 Å². The summed E-state index contributed by atoms with van der Waals surface area (Å²) in [6, 6.07) is 18.4. The van der Waals surface area contributed by atoms with Gasteiger partial charge in [0.2, 0.25) is 0 Å². The minimum absolute atomic E-state index is 0.136. The molecule has 3 amide bonds. The lowest BCUT2D eigenvalue weighted by Crippen LogP contribution is -2.20. The van der Waals surface area contributed by atoms with Gasteiger partial charge in [-0.25, -0.2) is 13.6 Å². The molecule has 0 spiro atoms. The van der Waals surface area contributed by atoms with Crippen LogP contribution in [0.4, 0.5) is 42.0 Å². The number of rotatable bonds is 5. The maximum atomic E-state index is 13.8. The van der Waals surface area contributed by atoms with Crippen LogP contribution in [0.15, 0.2) is 79.0 Å². The van der Waals surface area contributed by atoms with E-state index in [1.165, 1.54) is 0 Å². The van der Waals surface area contributed by atoms with Gasteiger partial charge in [-0.15, -0.1) is 0 Å². The molecule has 0 aliphatic carbocycles. The van der Waals surface area contributed by atoms with Gasteiger partial charge < -0.3 is 26.3 Å². The molecule has 0 radical (unpaired) electrons. The minimum Gasteiger partial charge on any atom is -0.362 e. The average molecular weight is 471 g/mol. The van der Waals surface area contributed by atoms with Gasteiger partial charge in [-0.1, -0.05) is 12.1 Å². The zero-order chi connectivity index (χ0) is 24.4. The molecule has 1 aromatic heterocycles. The lowest BCUT2D eigenvalue weighted by molar-refractivity contribution is -0.110. The van der Waals surface area contributed by atoms with E-state index in [0.717, 1.165) is 29.1 Å². The zero-order valence-electron chi connectivity index (χ0n) is 18.2. The van der Waals surface area contributed by atoms with Crippen LogP contribution < -0.4 is 21.3 Å². The summed E-state index contributed by atoms with van der Waals surface area (Å²) in [5.41, 5.74) is 4.64. The summed E-state index contributed by atoms with van der Waals surface area (Å²) in [6.07, 6.45) is 3.59. The molecule has 174 valence electrons. The standard InChI is InChI=1S/C26H19F2N5O2/c27-15-6-9-23(22(28)11-15)33-26(35)31-18-4-1-3-17(12-18)30-19-7-8-20-21(13-16-5-2-10-29-16)25(34)32-24(20)14-19/h1-14,29-30H,(H,32,34)(H2,31,33,35). The maximum Gasteiger partial charge on any atom is 0.323 e. The number of hydrogen-bond acceptors (Lipinski definition) is 3. The molecule has 3 aromatic carbocycles. The number of aromatic amines is 1. The maximum absolute atomic E-state index is 13.8. The third-order valence-corrected chi connectivity index (χ3v) is 5.31. The van der Waals surface area contributed by atoms with Crippen LogP contribution in [0.25, 0.3) is 11.6 Å². The number of carbonyl (C=O) groups is 2. The van der Waals surface area contributed by atoms with Crippen molar-refractivity contribution in [1.82, 2.24) is 4.98 Å². The Balaban J connectivity index is 1.28. The molecular weight excluding hydrogens is 452 g/mol. The van der Waals surface area contributed by atoms with E-state index in [1.54, 1.807) is 30.5 Å². The fourth-order valence-electron chi connectivity index (χ4n) is 3.72. The molecule has 0 unspecified atom stereocenters. The predicted octanol–water partition coefficient (Wildman–Crippen LogP) is 6.17. The second-order valence-electron chi connectivity index (χ2n) is 7.81. The number of aromatic nitrogens is 1. The Hall–Kier alpha value is -4.92. The summed E-state index contributed by atoms with van der Waals surface area (Å²) >= 11 is 0. The number of urea groups is 1. The second kappa shape index (κ2) is 9.14. The van der Waals surface area contributed by atoms with Gasteiger partial charge in [-0.3, -0.25) is 4.79 Å². The molecule has 5 rings (SSSR count). The van der Waals surface area contributed by atoms with Gasteiger partial charge in [0.25, 0.3) is 5.91 Å². The fraction of sp³-hybridized carbons (Fsp3) is 0. The van der Waals surface area contributed by atoms with Crippen molar-refractivity contribution >= 4 is 52.0 Å². The van der Waals surface area contributed by atoms with Crippen LogP contribution >= 0.6 is 0 Å². The SMILES string of the molecule is O=C(Nc1cccc(Nc2ccc3c(c2)NC(=O)C3=Cc2ccc[nH]2)c1)Nc1ccc(F)cc1F. The fourth-order valence-corrected chi connectivity index (χ4v) is 3.72. The molecule has 4 aromatic rings. The van der Waals surface area contributed by atoms with Gasteiger partial charge in [-0.05, 0) is 60.7 Å². The van der Waals surface area contributed by atoms with Crippen molar-refractivity contribution in [1.29, 1.82) is 0 Å². The molecule has 9 heteroatoms. The largest absolute Gasteiger partial charge is 0.362 e. The molecular formula is C26H19F2N5O2. The number of anilines is 5. The third-order valence-electron chi connectivity index (χ3n) is 5.31. The van der Waals surface area contributed by atoms with E-state index >= 15 is 0 Å². The number of fused-ring (bicyclic) bond motifs is 1. The van der Waals surface area contributed by atoms with E-state index in [2.05, 4.69) is 26.3 Å². The lowest BCUT2D eigenvalue weighted by atomic mass is 10.1. The van der Waals surface area contributed by atoms with Crippen LogP contribution in [0.1, 0.15) is 11.3 Å². The van der Waals surface area contributed by atoms with Gasteiger partial charge >= 0.3 is 6.03 Å². The van der Waals surface area contributed by atoms with E-state index < -0.39 is 17.7 Å². The van der Waals surface area contributed by atoms with E-state index in [0.29, 0.717) is 28.7 Å². The Morgan fingerprint density at radius 1 is 0.857 bits per heavy atom. The van der Waals surface area contributed by atoms with E-state index in [1.807, 2.05) is 36.4 Å². The number of amides is 3. The highest BCUT2D eigenvalue weighted by Crippen LogP contribution is 2.35. The lowest BCUT2D eigenvalue weighted by Gasteiger charge is -2.12. The summed E-state index contributed by atoms with van der Waals surface area (Å²) in [5, 5.41) is 11.1. The second-order valence-corrected chi connectivity index (χ2v) is 7.81. The van der Waals surface area contributed by atoms with Gasteiger partial charge in [0.05, 0.1) is 16.9 Å². The molecule has 7 nitrogen and oxygen atoms in total. The summed E-state index contributed by atoms with van der Waals surface area (Å²) in [5.74, 6) is -1.78. The van der Waals surface area contributed by atoms with E-state index in [-0.39, 0.29) is 11.6 Å². The first-order chi connectivity index (χ1) is 16.9. The highest BCUT2D eigenvalue weighted by molar-refractivity contribution is 6.35. The van der Waals surface area contributed by atoms with Crippen LogP contribution in [0.2, 0.25) is 0 Å². The smallest absolute Gasteiger partial charge is 0.323 e. The number of carbonyl (C=O) groups excluding carboxylic acids is 2. The number of benzene rings is 3. The quantitative estimate of drug-likeness (QED) is 0.225. The summed E-state index contributed by atoms with van der Waals surface area (Å²) in [4.78, 5) is 27.7. The molecule has 5 N–H and O–H groups in total. The van der Waals surface area contributed by atoms with Crippen molar-refractivity contribution in [3.8, 4) is 0 Å². The van der Waals surface area contributed by atoms with Crippen molar-refractivity contribution < 1.29 is 18.4 Å². The first-order valence-electron chi connectivity index (χ1n) is 10.7. The number of H-pyrrole nitrogens is 1. The molecule has 1 aliphatic rings. The zero-order valence-corrected chi connectivity index (χ0v) is 18.2. The van der Waals surface area contributed by atoms with Crippen molar-refractivity contribution in [3.05, 3.63) is 102 Å². The van der Waals surface area contributed by atoms with E-state index in [9.17, 15) is 18.4 Å². The van der Waals surface area contributed by atoms with E-state index in [4.69, 9.17) is 0 Å². The molecule has 2 heterocycles. The van der Waals surface area contributed by atoms with Gasteiger partial charge in [-0.2, -0.15) is 0 Å². The molecule has 1 aliphatic heterocycles. The first kappa shape index (κ1) is 21.9. The summed E-state index contributed by atoms with van der Waals surface area (Å²) in [6.45, 7) is 0. The van der Waals surface area contributed by atoms with Crippen LogP contribution in [0, 0.1) is 11.6 Å². The van der Waals surface area contributed by atoms with Crippen molar-refractivity contribution in [3.63, 3.8) is 0 Å². The van der Waals surface area contributed by atoms with Crippen LogP contribution in [-0.4, -0.2) is 16.9 Å². The predicted molar refractivity (Wildman–Crippen MR) is 132 cm³/mol. The molecule has 0 saturated carbocycles. The normalized spacial score (nSPS) is 13.3. The van der Waals surface area contributed by atoms with Crippen molar-refractivity contribution in [2.24, 2.45) is 0 Å². The summed E-state index contributed by atoms with van der Waals surface area (Å²) < 4.78 is 26.8. The minimum atomic E-state index is -0.870. The topological polar surface area (TPSA) is 98.1 Å². The number of hydrogen-bond donors (Lipinski definition) is 5. The molecule has 0 fully saturated rings. The molecule has 0 bridgehead atoms. The number of nitrogens with one attached hydrogen (secondary N) is 5. The Labute approximate surface area is 198 Å². The monoisotopic (exact) mass is 471 g/mol. The Kier molecular flexibility index (Phi) is 5.72. The first-order valence-corrected chi connectivity index (χ1v) is 10.7. The molecule has 0 saturated heterocycles. The molecule has 35 heavy (non-hydrogen) atoms. The average Bonchev–Trinajstić information content (AvgIpc) is 3.44. The summed E-state index contributed by atoms with van der Waals surface area (Å²) in [7, 11) is 0. The highest BCUT2D eigenvalue weighted by Gasteiger charge is 2.24. The Bertz CT molecular complexity index is 1460. The van der Waals surface area contributed by atoms with Crippen LogP contribution in [0.5, 0.6) is 0 Å². The highest BCUT2D eigenvalue weighted by atomic mass is 19.1. The Morgan fingerprint density at radius 3 is 2.49 bits per heavy atom. The molecule has 0 atom stereocenters. The van der Waals surface area contributed by atoms with Gasteiger partial charge in [0, 0.05) is 40.6 Å². The van der Waals surface area contributed by atoms with Crippen LogP contribution in [0.3, 0.4) is 0 Å². The van der Waals surface area contributed by atoms with Crippen LogP contribution in [-0.2, 0) is 4.79 Å². The van der Waals surface area contributed by atoms with Gasteiger partial charge in [0.1, 0.15) is 11.6 Å². The van der Waals surface area contributed by atoms with Crippen molar-refractivity contribution in [2.45, 2.75) is 0 Å². The third kappa shape index (κ3) is 4.88. The van der Waals surface area contributed by atoms with Crippen molar-refractivity contribution in [2.75, 3.05) is 21.3 Å². The number of halogens is 2.